The first-order valence-corrected chi connectivity index (χ1v) is 6.32. The minimum absolute atomic E-state index is 0.366. The minimum Gasteiger partial charge on any atom is -0.382 e. The summed E-state index contributed by atoms with van der Waals surface area (Å²) in [6.45, 7) is 5.83. The van der Waals surface area contributed by atoms with Crippen LogP contribution in [-0.2, 0) is 4.74 Å². The monoisotopic (exact) mass is 248 g/mol. The van der Waals surface area contributed by atoms with Crippen molar-refractivity contribution >= 4 is 11.6 Å². The maximum atomic E-state index is 11.1. The Hall–Kier alpha value is -1.55. The molecule has 2 atom stereocenters. The van der Waals surface area contributed by atoms with E-state index in [1.165, 1.54) is 0 Å². The van der Waals surface area contributed by atoms with Gasteiger partial charge in [-0.2, -0.15) is 0 Å². The molecule has 98 valence electrons. The zero-order valence-corrected chi connectivity index (χ0v) is 10.9. The van der Waals surface area contributed by atoms with E-state index in [0.29, 0.717) is 17.5 Å². The van der Waals surface area contributed by atoms with Gasteiger partial charge in [0.1, 0.15) is 0 Å². The Bertz CT molecular complexity index is 439. The van der Waals surface area contributed by atoms with Crippen LogP contribution in [-0.4, -0.2) is 25.2 Å². The summed E-state index contributed by atoms with van der Waals surface area (Å²) < 4.78 is 5.40. The van der Waals surface area contributed by atoms with Crippen molar-refractivity contribution in [3.63, 3.8) is 0 Å². The van der Waals surface area contributed by atoms with Crippen LogP contribution in [0, 0.1) is 12.8 Å². The third-order valence-electron chi connectivity index (χ3n) is 3.57. The summed E-state index contributed by atoms with van der Waals surface area (Å²) in [7, 11) is 0. The van der Waals surface area contributed by atoms with E-state index in [1.807, 2.05) is 19.1 Å². The predicted octanol–water partition coefficient (Wildman–Crippen LogP) is 1.93. The quantitative estimate of drug-likeness (QED) is 0.855. The number of carbonyl (C=O) groups excluding carboxylic acids is 1. The second kappa shape index (κ2) is 5.40. The lowest BCUT2D eigenvalue weighted by atomic mass is 9.99. The highest BCUT2D eigenvalue weighted by Gasteiger charge is 2.22. The molecule has 4 nitrogen and oxygen atoms in total. The summed E-state index contributed by atoms with van der Waals surface area (Å²) in [6, 6.07) is 5.87. The topological polar surface area (TPSA) is 64.4 Å². The average molecular weight is 248 g/mol. The molecule has 0 bridgehead atoms. The molecule has 1 aromatic carbocycles. The number of anilines is 1. The molecule has 0 saturated carbocycles. The molecule has 0 spiro atoms. The van der Waals surface area contributed by atoms with Gasteiger partial charge in [-0.1, -0.05) is 0 Å². The number of benzene rings is 1. The normalized spacial score (nSPS) is 20.7. The highest BCUT2D eigenvalue weighted by atomic mass is 16.5. The van der Waals surface area contributed by atoms with Crippen LogP contribution in [0.3, 0.4) is 0 Å². The van der Waals surface area contributed by atoms with Crippen molar-refractivity contribution in [2.24, 2.45) is 11.7 Å². The average Bonchev–Trinajstić information content (AvgIpc) is 2.85. The van der Waals surface area contributed by atoms with Crippen LogP contribution in [0.1, 0.15) is 29.3 Å². The number of hydrogen-bond acceptors (Lipinski definition) is 3. The summed E-state index contributed by atoms with van der Waals surface area (Å²) in [5.41, 5.74) is 7.90. The molecule has 18 heavy (non-hydrogen) atoms. The fourth-order valence-corrected chi connectivity index (χ4v) is 2.29. The first kappa shape index (κ1) is 12.9. The van der Waals surface area contributed by atoms with Gasteiger partial charge < -0.3 is 15.8 Å². The molecule has 1 aliphatic rings. The number of ether oxygens (including phenoxy) is 1. The fraction of sp³-hybridized carbons (Fsp3) is 0.500. The molecule has 1 aromatic rings. The van der Waals surface area contributed by atoms with Gasteiger partial charge in [-0.3, -0.25) is 4.79 Å². The Balaban J connectivity index is 2.06. The molecule has 1 saturated heterocycles. The van der Waals surface area contributed by atoms with E-state index < -0.39 is 0 Å². The summed E-state index contributed by atoms with van der Waals surface area (Å²) in [5.74, 6) is 0.169. The van der Waals surface area contributed by atoms with E-state index in [1.54, 1.807) is 6.07 Å². The predicted molar refractivity (Wildman–Crippen MR) is 71.7 cm³/mol. The molecule has 2 unspecified atom stereocenters. The second-order valence-electron chi connectivity index (χ2n) is 4.95. The standard InChI is InChI=1S/C14H20N2O2/c1-9-7-11(14(15)17)3-4-13(9)16-10(2)12-5-6-18-8-12/h3-4,7,10,12,16H,5-6,8H2,1-2H3,(H2,15,17). The lowest BCUT2D eigenvalue weighted by molar-refractivity contribution is 0.1000. The molecule has 0 aromatic heterocycles. The maximum Gasteiger partial charge on any atom is 0.248 e. The lowest BCUT2D eigenvalue weighted by Gasteiger charge is -2.21. The third kappa shape index (κ3) is 2.82. The van der Waals surface area contributed by atoms with E-state index >= 15 is 0 Å². The van der Waals surface area contributed by atoms with Crippen molar-refractivity contribution in [3.05, 3.63) is 29.3 Å². The Morgan fingerprint density at radius 3 is 2.89 bits per heavy atom. The Morgan fingerprint density at radius 1 is 1.56 bits per heavy atom. The number of rotatable bonds is 4. The number of primary amides is 1. The van der Waals surface area contributed by atoms with Crippen LogP contribution in [0.25, 0.3) is 0 Å². The summed E-state index contributed by atoms with van der Waals surface area (Å²) in [4.78, 5) is 11.1. The van der Waals surface area contributed by atoms with Gasteiger partial charge in [-0.25, -0.2) is 0 Å². The SMILES string of the molecule is Cc1cc(C(N)=O)ccc1NC(C)C1CCOC1. The molecule has 1 aliphatic heterocycles. The molecule has 1 amide bonds. The van der Waals surface area contributed by atoms with Crippen LogP contribution in [0.2, 0.25) is 0 Å². The molecule has 0 aliphatic carbocycles. The third-order valence-corrected chi connectivity index (χ3v) is 3.57. The first-order valence-electron chi connectivity index (χ1n) is 6.32. The molecule has 0 radical (unpaired) electrons. The number of aryl methyl sites for hydroxylation is 1. The van der Waals surface area contributed by atoms with Gasteiger partial charge in [-0.15, -0.1) is 0 Å². The van der Waals surface area contributed by atoms with Crippen molar-refractivity contribution in [2.45, 2.75) is 26.3 Å². The highest BCUT2D eigenvalue weighted by Crippen LogP contribution is 2.23. The number of nitrogens with one attached hydrogen (secondary N) is 1. The van der Waals surface area contributed by atoms with Crippen LogP contribution in [0.15, 0.2) is 18.2 Å². The summed E-state index contributed by atoms with van der Waals surface area (Å²) in [6.07, 6.45) is 1.10. The lowest BCUT2D eigenvalue weighted by Crippen LogP contribution is -2.26. The smallest absolute Gasteiger partial charge is 0.248 e. The maximum absolute atomic E-state index is 11.1. The Labute approximate surface area is 108 Å². The molecule has 4 heteroatoms. The van der Waals surface area contributed by atoms with E-state index in [9.17, 15) is 4.79 Å². The van der Waals surface area contributed by atoms with Crippen LogP contribution < -0.4 is 11.1 Å². The van der Waals surface area contributed by atoms with Gasteiger partial charge in [0.25, 0.3) is 0 Å². The van der Waals surface area contributed by atoms with E-state index in [-0.39, 0.29) is 5.91 Å². The van der Waals surface area contributed by atoms with Gasteiger partial charge in [-0.05, 0) is 44.0 Å². The Morgan fingerprint density at radius 2 is 2.33 bits per heavy atom. The zero-order chi connectivity index (χ0) is 13.1. The van der Waals surface area contributed by atoms with Crippen molar-refractivity contribution in [1.29, 1.82) is 0 Å². The van der Waals surface area contributed by atoms with Gasteiger partial charge >= 0.3 is 0 Å². The van der Waals surface area contributed by atoms with Crippen molar-refractivity contribution < 1.29 is 9.53 Å². The number of amides is 1. The van der Waals surface area contributed by atoms with E-state index in [2.05, 4.69) is 12.2 Å². The van der Waals surface area contributed by atoms with Gasteiger partial charge in [0.15, 0.2) is 0 Å². The number of nitrogens with two attached hydrogens (primary N) is 1. The minimum atomic E-state index is -0.387. The summed E-state index contributed by atoms with van der Waals surface area (Å²) >= 11 is 0. The van der Waals surface area contributed by atoms with E-state index in [0.717, 1.165) is 30.9 Å². The molecular formula is C14H20N2O2. The van der Waals surface area contributed by atoms with Gasteiger partial charge in [0, 0.05) is 29.8 Å². The van der Waals surface area contributed by atoms with Crippen molar-refractivity contribution in [3.8, 4) is 0 Å². The van der Waals surface area contributed by atoms with Gasteiger partial charge in [0.05, 0.1) is 6.61 Å². The molecule has 2 rings (SSSR count). The van der Waals surface area contributed by atoms with E-state index in [4.69, 9.17) is 10.5 Å². The highest BCUT2D eigenvalue weighted by molar-refractivity contribution is 5.93. The molecular weight excluding hydrogens is 228 g/mol. The molecule has 3 N–H and O–H groups in total. The van der Waals surface area contributed by atoms with Crippen molar-refractivity contribution in [2.75, 3.05) is 18.5 Å². The molecule has 1 fully saturated rings. The fourth-order valence-electron chi connectivity index (χ4n) is 2.29. The Kier molecular flexibility index (Phi) is 3.87. The zero-order valence-electron chi connectivity index (χ0n) is 10.9. The second-order valence-corrected chi connectivity index (χ2v) is 4.95. The number of carbonyl (C=O) groups is 1. The van der Waals surface area contributed by atoms with Crippen molar-refractivity contribution in [1.82, 2.24) is 0 Å². The largest absolute Gasteiger partial charge is 0.382 e. The molecule has 1 heterocycles. The first-order chi connectivity index (χ1) is 8.58. The van der Waals surface area contributed by atoms with Crippen LogP contribution in [0.5, 0.6) is 0 Å². The van der Waals surface area contributed by atoms with Crippen LogP contribution in [0.4, 0.5) is 5.69 Å². The summed E-state index contributed by atoms with van der Waals surface area (Å²) in [5, 5.41) is 3.49. The van der Waals surface area contributed by atoms with Gasteiger partial charge in [0.2, 0.25) is 5.91 Å². The van der Waals surface area contributed by atoms with Crippen LogP contribution >= 0.6 is 0 Å². The number of hydrogen-bond donors (Lipinski definition) is 2.